The number of carboxylic acid groups (broad SMARTS) is 3. The number of unbranched alkanes of at least 4 members (excludes halogenated alkanes) is 4. The monoisotopic (exact) mass is 274 g/mol. The lowest BCUT2D eigenvalue weighted by Gasteiger charge is -2.22. The third-order valence-electron chi connectivity index (χ3n) is 3.42. The molecule has 0 rings (SSSR count). The van der Waals surface area contributed by atoms with Crippen LogP contribution < -0.4 is 0 Å². The minimum absolute atomic E-state index is 0.0662. The minimum Gasteiger partial charge on any atom is -0.481 e. The van der Waals surface area contributed by atoms with Gasteiger partial charge >= 0.3 is 17.9 Å². The first kappa shape index (κ1) is 17.4. The van der Waals surface area contributed by atoms with Crippen LogP contribution in [0.25, 0.3) is 0 Å². The SMILES string of the molecule is CCC(CCCCCCCC(=O)O)(C(=O)O)C(=O)O. The average molecular weight is 274 g/mol. The summed E-state index contributed by atoms with van der Waals surface area (Å²) < 4.78 is 0. The quantitative estimate of drug-likeness (QED) is 0.394. The van der Waals surface area contributed by atoms with E-state index in [0.717, 1.165) is 19.3 Å². The highest BCUT2D eigenvalue weighted by Gasteiger charge is 2.44. The molecular weight excluding hydrogens is 252 g/mol. The summed E-state index contributed by atoms with van der Waals surface area (Å²) >= 11 is 0. The first-order chi connectivity index (χ1) is 8.86. The number of aliphatic carboxylic acids is 3. The summed E-state index contributed by atoms with van der Waals surface area (Å²) in [5, 5.41) is 26.5. The van der Waals surface area contributed by atoms with Crippen LogP contribution in [0, 0.1) is 5.41 Å². The molecule has 0 amide bonds. The number of rotatable bonds is 11. The van der Waals surface area contributed by atoms with E-state index in [4.69, 9.17) is 15.3 Å². The second kappa shape index (κ2) is 8.50. The van der Waals surface area contributed by atoms with Gasteiger partial charge in [0.1, 0.15) is 0 Å². The molecule has 0 aliphatic carbocycles. The number of carboxylic acids is 3. The molecule has 0 atom stereocenters. The van der Waals surface area contributed by atoms with Crippen LogP contribution in [0.1, 0.15) is 58.3 Å². The molecule has 0 aliphatic heterocycles. The van der Waals surface area contributed by atoms with Gasteiger partial charge in [0.05, 0.1) is 0 Å². The maximum Gasteiger partial charge on any atom is 0.321 e. The second-order valence-electron chi connectivity index (χ2n) is 4.71. The molecule has 0 aromatic heterocycles. The van der Waals surface area contributed by atoms with Crippen molar-refractivity contribution in [3.63, 3.8) is 0 Å². The van der Waals surface area contributed by atoms with E-state index in [9.17, 15) is 14.4 Å². The molecule has 6 heteroatoms. The normalized spacial score (nSPS) is 11.2. The summed E-state index contributed by atoms with van der Waals surface area (Å²) in [5.41, 5.74) is -1.68. The number of carbonyl (C=O) groups is 3. The summed E-state index contributed by atoms with van der Waals surface area (Å²) in [4.78, 5) is 32.5. The number of hydrogen-bond donors (Lipinski definition) is 3. The number of hydrogen-bond acceptors (Lipinski definition) is 3. The molecule has 0 heterocycles. The van der Waals surface area contributed by atoms with Crippen molar-refractivity contribution < 1.29 is 29.7 Å². The average Bonchev–Trinajstić information content (AvgIpc) is 2.31. The summed E-state index contributed by atoms with van der Waals surface area (Å²) in [5.74, 6) is -3.39. The van der Waals surface area contributed by atoms with Crippen molar-refractivity contribution in [3.8, 4) is 0 Å². The van der Waals surface area contributed by atoms with Crippen molar-refractivity contribution >= 4 is 17.9 Å². The highest BCUT2D eigenvalue weighted by Crippen LogP contribution is 2.30. The molecule has 0 aromatic carbocycles. The predicted octanol–water partition coefficient (Wildman–Crippen LogP) is 2.37. The third-order valence-corrected chi connectivity index (χ3v) is 3.42. The first-order valence-electron chi connectivity index (χ1n) is 6.55. The molecular formula is C13H22O6. The Labute approximate surface area is 112 Å². The fourth-order valence-corrected chi connectivity index (χ4v) is 2.02. The van der Waals surface area contributed by atoms with Gasteiger partial charge in [-0.1, -0.05) is 32.6 Å². The van der Waals surface area contributed by atoms with Crippen molar-refractivity contribution in [1.29, 1.82) is 0 Å². The van der Waals surface area contributed by atoms with E-state index in [2.05, 4.69) is 0 Å². The van der Waals surface area contributed by atoms with Gasteiger partial charge in [0.15, 0.2) is 5.41 Å². The van der Waals surface area contributed by atoms with Crippen molar-refractivity contribution in [2.75, 3.05) is 0 Å². The van der Waals surface area contributed by atoms with Crippen LogP contribution in [0.4, 0.5) is 0 Å². The van der Waals surface area contributed by atoms with Crippen molar-refractivity contribution in [2.45, 2.75) is 58.3 Å². The Morgan fingerprint density at radius 1 is 0.842 bits per heavy atom. The van der Waals surface area contributed by atoms with E-state index in [1.165, 1.54) is 0 Å². The van der Waals surface area contributed by atoms with Gasteiger partial charge in [-0.25, -0.2) is 0 Å². The molecule has 3 N–H and O–H groups in total. The van der Waals surface area contributed by atoms with Crippen LogP contribution >= 0.6 is 0 Å². The molecule has 0 bridgehead atoms. The Morgan fingerprint density at radius 3 is 1.74 bits per heavy atom. The summed E-state index contributed by atoms with van der Waals surface area (Å²) in [7, 11) is 0. The molecule has 0 spiro atoms. The molecule has 0 aromatic rings. The Hall–Kier alpha value is -1.59. The molecule has 0 radical (unpaired) electrons. The topological polar surface area (TPSA) is 112 Å². The molecule has 0 fully saturated rings. The Kier molecular flexibility index (Phi) is 7.79. The van der Waals surface area contributed by atoms with E-state index >= 15 is 0 Å². The highest BCUT2D eigenvalue weighted by atomic mass is 16.4. The van der Waals surface area contributed by atoms with Gasteiger partial charge in [-0.3, -0.25) is 14.4 Å². The van der Waals surface area contributed by atoms with Crippen LogP contribution in [0.15, 0.2) is 0 Å². The smallest absolute Gasteiger partial charge is 0.321 e. The lowest BCUT2D eigenvalue weighted by Crippen LogP contribution is -2.38. The maximum absolute atomic E-state index is 11.1. The van der Waals surface area contributed by atoms with Crippen LogP contribution in [0.3, 0.4) is 0 Å². The van der Waals surface area contributed by atoms with Gasteiger partial charge in [0.2, 0.25) is 0 Å². The summed E-state index contributed by atoms with van der Waals surface area (Å²) in [6.45, 7) is 1.56. The largest absolute Gasteiger partial charge is 0.481 e. The van der Waals surface area contributed by atoms with E-state index in [-0.39, 0.29) is 19.3 Å². The minimum atomic E-state index is -1.68. The fourth-order valence-electron chi connectivity index (χ4n) is 2.02. The van der Waals surface area contributed by atoms with Crippen molar-refractivity contribution in [1.82, 2.24) is 0 Å². The van der Waals surface area contributed by atoms with Gasteiger partial charge < -0.3 is 15.3 Å². The van der Waals surface area contributed by atoms with Crippen LogP contribution in [-0.4, -0.2) is 33.2 Å². The first-order valence-corrected chi connectivity index (χ1v) is 6.55. The summed E-state index contributed by atoms with van der Waals surface area (Å²) in [6, 6.07) is 0. The molecule has 6 nitrogen and oxygen atoms in total. The van der Waals surface area contributed by atoms with E-state index in [1.54, 1.807) is 6.92 Å². The highest BCUT2D eigenvalue weighted by molar-refractivity contribution is 5.98. The van der Waals surface area contributed by atoms with E-state index < -0.39 is 23.3 Å². The Morgan fingerprint density at radius 2 is 1.32 bits per heavy atom. The molecule has 0 aliphatic rings. The van der Waals surface area contributed by atoms with Crippen LogP contribution in [0.5, 0.6) is 0 Å². The van der Waals surface area contributed by atoms with E-state index in [1.807, 2.05) is 0 Å². The second-order valence-corrected chi connectivity index (χ2v) is 4.71. The standard InChI is InChI=1S/C13H22O6/c1-2-13(11(16)17,12(18)19)9-7-5-3-4-6-8-10(14)15/h2-9H2,1H3,(H,14,15)(H,16,17)(H,18,19). The summed E-state index contributed by atoms with van der Waals surface area (Å²) in [6.07, 6.45) is 3.75. The lowest BCUT2D eigenvalue weighted by atomic mass is 9.80. The van der Waals surface area contributed by atoms with Crippen molar-refractivity contribution in [2.24, 2.45) is 5.41 Å². The Bertz CT molecular complexity index is 309. The van der Waals surface area contributed by atoms with Gasteiger partial charge in [-0.05, 0) is 19.3 Å². The molecule has 19 heavy (non-hydrogen) atoms. The van der Waals surface area contributed by atoms with Gasteiger partial charge in [-0.15, -0.1) is 0 Å². The maximum atomic E-state index is 11.1. The molecule has 0 unspecified atom stereocenters. The molecule has 110 valence electrons. The van der Waals surface area contributed by atoms with E-state index in [0.29, 0.717) is 12.8 Å². The zero-order valence-electron chi connectivity index (χ0n) is 11.2. The van der Waals surface area contributed by atoms with Gasteiger partial charge in [0, 0.05) is 6.42 Å². The lowest BCUT2D eigenvalue weighted by molar-refractivity contribution is -0.165. The fraction of sp³-hybridized carbons (Fsp3) is 0.769. The molecule has 0 saturated heterocycles. The predicted molar refractivity (Wildman–Crippen MR) is 68.0 cm³/mol. The Balaban J connectivity index is 3.99. The third kappa shape index (κ3) is 5.72. The van der Waals surface area contributed by atoms with Gasteiger partial charge in [0.25, 0.3) is 0 Å². The van der Waals surface area contributed by atoms with Crippen LogP contribution in [-0.2, 0) is 14.4 Å². The van der Waals surface area contributed by atoms with Crippen molar-refractivity contribution in [3.05, 3.63) is 0 Å². The van der Waals surface area contributed by atoms with Crippen LogP contribution in [0.2, 0.25) is 0 Å². The zero-order chi connectivity index (χ0) is 14.9. The zero-order valence-corrected chi connectivity index (χ0v) is 11.2. The van der Waals surface area contributed by atoms with Gasteiger partial charge in [-0.2, -0.15) is 0 Å². The molecule has 0 saturated carbocycles.